The number of rotatable bonds is 6. The molecular weight excluding hydrogens is 311 g/mol. The monoisotopic (exact) mass is 336 g/mol. The summed E-state index contributed by atoms with van der Waals surface area (Å²) in [4.78, 5) is 27.8. The van der Waals surface area contributed by atoms with E-state index in [1.54, 1.807) is 24.1 Å². The molecule has 24 heavy (non-hydrogen) atoms. The van der Waals surface area contributed by atoms with Crippen molar-refractivity contribution in [3.05, 3.63) is 35.6 Å². The zero-order valence-electron chi connectivity index (χ0n) is 14.2. The van der Waals surface area contributed by atoms with Crippen molar-refractivity contribution in [3.63, 3.8) is 0 Å². The Morgan fingerprint density at radius 3 is 2.50 bits per heavy atom. The predicted molar refractivity (Wildman–Crippen MR) is 89.9 cm³/mol. The van der Waals surface area contributed by atoms with Gasteiger partial charge in [0.05, 0.1) is 19.1 Å². The first-order chi connectivity index (χ1) is 11.5. The van der Waals surface area contributed by atoms with E-state index < -0.39 is 0 Å². The largest absolute Gasteiger partial charge is 0.348 e. The van der Waals surface area contributed by atoms with Crippen LogP contribution in [0.1, 0.15) is 18.5 Å². The zero-order valence-corrected chi connectivity index (χ0v) is 14.2. The molecular formula is C17H25FN4O2. The maximum absolute atomic E-state index is 12.9. The third kappa shape index (κ3) is 5.58. The molecule has 1 fully saturated rings. The molecule has 0 spiro atoms. The lowest BCUT2D eigenvalue weighted by Gasteiger charge is -2.29. The first-order valence-electron chi connectivity index (χ1n) is 8.17. The third-order valence-electron chi connectivity index (χ3n) is 4.04. The molecule has 0 saturated carbocycles. The molecule has 1 aliphatic rings. The predicted octanol–water partition coefficient (Wildman–Crippen LogP) is 0.367. The van der Waals surface area contributed by atoms with Crippen LogP contribution in [-0.4, -0.2) is 67.9 Å². The number of carbonyl (C=O) groups excluding carboxylic acids is 2. The highest BCUT2D eigenvalue weighted by atomic mass is 19.1. The molecule has 6 nitrogen and oxygen atoms in total. The summed E-state index contributed by atoms with van der Waals surface area (Å²) < 4.78 is 12.9. The Kier molecular flexibility index (Phi) is 6.69. The molecule has 7 heteroatoms. The first-order valence-corrected chi connectivity index (χ1v) is 8.17. The standard InChI is InChI=1S/C17H25FN4O2/c1-13(14-3-5-15(18)6-4-14)20-16(23)11-21(2)12-17(24)22-9-7-19-8-10-22/h3-6,13,19H,7-12H2,1-2H3,(H,20,23). The minimum atomic E-state index is -0.302. The Morgan fingerprint density at radius 2 is 1.88 bits per heavy atom. The van der Waals surface area contributed by atoms with Gasteiger partial charge in [-0.25, -0.2) is 4.39 Å². The number of piperazine rings is 1. The van der Waals surface area contributed by atoms with E-state index in [-0.39, 0.29) is 36.8 Å². The fourth-order valence-electron chi connectivity index (χ4n) is 2.67. The third-order valence-corrected chi connectivity index (χ3v) is 4.04. The Bertz CT molecular complexity index is 558. The molecule has 1 aromatic rings. The van der Waals surface area contributed by atoms with Gasteiger partial charge < -0.3 is 15.5 Å². The summed E-state index contributed by atoms with van der Waals surface area (Å²) in [6.07, 6.45) is 0. The topological polar surface area (TPSA) is 64.7 Å². The molecule has 1 atom stereocenters. The fraction of sp³-hybridized carbons (Fsp3) is 0.529. The van der Waals surface area contributed by atoms with Crippen molar-refractivity contribution >= 4 is 11.8 Å². The van der Waals surface area contributed by atoms with Crippen LogP contribution >= 0.6 is 0 Å². The molecule has 1 aromatic carbocycles. The van der Waals surface area contributed by atoms with Crippen LogP contribution in [0.25, 0.3) is 0 Å². The second-order valence-electron chi connectivity index (χ2n) is 6.14. The lowest BCUT2D eigenvalue weighted by atomic mass is 10.1. The van der Waals surface area contributed by atoms with Crippen molar-refractivity contribution in [1.29, 1.82) is 0 Å². The Balaban J connectivity index is 1.76. The lowest BCUT2D eigenvalue weighted by Crippen LogP contribution is -2.50. The van der Waals surface area contributed by atoms with E-state index >= 15 is 0 Å². The van der Waals surface area contributed by atoms with E-state index in [0.717, 1.165) is 18.7 Å². The van der Waals surface area contributed by atoms with Gasteiger partial charge in [0.25, 0.3) is 0 Å². The highest BCUT2D eigenvalue weighted by Crippen LogP contribution is 2.12. The lowest BCUT2D eigenvalue weighted by molar-refractivity contribution is -0.133. The first kappa shape index (κ1) is 18.4. The van der Waals surface area contributed by atoms with Crippen molar-refractivity contribution in [2.75, 3.05) is 46.3 Å². The second kappa shape index (κ2) is 8.75. The molecule has 1 unspecified atom stereocenters. The van der Waals surface area contributed by atoms with E-state index in [2.05, 4.69) is 10.6 Å². The molecule has 0 aliphatic carbocycles. The number of hydrogen-bond donors (Lipinski definition) is 2. The number of hydrogen-bond acceptors (Lipinski definition) is 4. The van der Waals surface area contributed by atoms with Gasteiger partial charge in [-0.15, -0.1) is 0 Å². The van der Waals surface area contributed by atoms with Crippen molar-refractivity contribution in [2.45, 2.75) is 13.0 Å². The molecule has 2 N–H and O–H groups in total. The fourth-order valence-corrected chi connectivity index (χ4v) is 2.67. The summed E-state index contributed by atoms with van der Waals surface area (Å²) in [6.45, 7) is 5.25. The second-order valence-corrected chi connectivity index (χ2v) is 6.14. The van der Waals surface area contributed by atoms with Crippen LogP contribution in [0.15, 0.2) is 24.3 Å². The van der Waals surface area contributed by atoms with Gasteiger partial charge >= 0.3 is 0 Å². The van der Waals surface area contributed by atoms with Gasteiger partial charge in [-0.05, 0) is 31.7 Å². The van der Waals surface area contributed by atoms with Gasteiger partial charge in [-0.2, -0.15) is 0 Å². The number of likely N-dealkylation sites (N-methyl/N-ethyl adjacent to an activating group) is 1. The van der Waals surface area contributed by atoms with Crippen LogP contribution in [0.2, 0.25) is 0 Å². The number of halogens is 1. The van der Waals surface area contributed by atoms with E-state index in [1.807, 2.05) is 11.8 Å². The highest BCUT2D eigenvalue weighted by Gasteiger charge is 2.19. The minimum absolute atomic E-state index is 0.0402. The molecule has 0 radical (unpaired) electrons. The van der Waals surface area contributed by atoms with Gasteiger partial charge in [0.2, 0.25) is 11.8 Å². The van der Waals surface area contributed by atoms with Gasteiger partial charge in [0.1, 0.15) is 5.82 Å². The molecule has 1 heterocycles. The van der Waals surface area contributed by atoms with Crippen LogP contribution < -0.4 is 10.6 Å². The summed E-state index contributed by atoms with van der Waals surface area (Å²) in [5.74, 6) is -0.427. The highest BCUT2D eigenvalue weighted by molar-refractivity contribution is 5.81. The SMILES string of the molecule is CC(NC(=O)CN(C)CC(=O)N1CCNCC1)c1ccc(F)cc1. The summed E-state index contributed by atoms with van der Waals surface area (Å²) in [6, 6.07) is 5.83. The van der Waals surface area contributed by atoms with Gasteiger partial charge in [-0.3, -0.25) is 14.5 Å². The maximum atomic E-state index is 12.9. The van der Waals surface area contributed by atoms with Crippen LogP contribution in [-0.2, 0) is 9.59 Å². The molecule has 2 amide bonds. The van der Waals surface area contributed by atoms with E-state index in [4.69, 9.17) is 0 Å². The molecule has 2 rings (SSSR count). The molecule has 132 valence electrons. The Morgan fingerprint density at radius 1 is 1.25 bits per heavy atom. The van der Waals surface area contributed by atoms with E-state index in [0.29, 0.717) is 13.1 Å². The Labute approximate surface area is 142 Å². The summed E-state index contributed by atoms with van der Waals surface area (Å²) in [7, 11) is 1.75. The van der Waals surface area contributed by atoms with Crippen LogP contribution in [0, 0.1) is 5.82 Å². The van der Waals surface area contributed by atoms with Gasteiger partial charge in [-0.1, -0.05) is 12.1 Å². The van der Waals surface area contributed by atoms with Crippen LogP contribution in [0.3, 0.4) is 0 Å². The molecule has 0 bridgehead atoms. The summed E-state index contributed by atoms with van der Waals surface area (Å²) in [5.41, 5.74) is 0.837. The normalized spacial score (nSPS) is 16.1. The van der Waals surface area contributed by atoms with Gasteiger partial charge in [0, 0.05) is 26.2 Å². The zero-order chi connectivity index (χ0) is 17.5. The molecule has 1 aliphatic heterocycles. The van der Waals surface area contributed by atoms with E-state index in [9.17, 15) is 14.0 Å². The van der Waals surface area contributed by atoms with Crippen LogP contribution in [0.5, 0.6) is 0 Å². The number of amides is 2. The van der Waals surface area contributed by atoms with Crippen molar-refractivity contribution < 1.29 is 14.0 Å². The Hall–Kier alpha value is -1.99. The average Bonchev–Trinajstić information content (AvgIpc) is 2.55. The molecule has 1 saturated heterocycles. The van der Waals surface area contributed by atoms with Gasteiger partial charge in [0.15, 0.2) is 0 Å². The van der Waals surface area contributed by atoms with E-state index in [1.165, 1.54) is 12.1 Å². The maximum Gasteiger partial charge on any atom is 0.236 e. The van der Waals surface area contributed by atoms with Crippen molar-refractivity contribution in [1.82, 2.24) is 20.4 Å². The average molecular weight is 336 g/mol. The molecule has 0 aromatic heterocycles. The van der Waals surface area contributed by atoms with Crippen LogP contribution in [0.4, 0.5) is 4.39 Å². The minimum Gasteiger partial charge on any atom is -0.348 e. The summed E-state index contributed by atoms with van der Waals surface area (Å²) in [5, 5.41) is 6.06. The van der Waals surface area contributed by atoms with Crippen molar-refractivity contribution in [3.8, 4) is 0 Å². The number of nitrogens with zero attached hydrogens (tertiary/aromatic N) is 2. The number of carbonyl (C=O) groups is 2. The number of nitrogens with one attached hydrogen (secondary N) is 2. The quantitative estimate of drug-likeness (QED) is 0.788. The summed E-state index contributed by atoms with van der Waals surface area (Å²) >= 11 is 0. The smallest absolute Gasteiger partial charge is 0.236 e. The number of benzene rings is 1. The van der Waals surface area contributed by atoms with Crippen molar-refractivity contribution in [2.24, 2.45) is 0 Å².